The number of benzene rings is 1. The standard InChI is InChI=1S/C17H23NOS/c18-11-3-6-15-7-9-17(10-8-15)19-12-13-20-14-16-4-1-2-5-16/h7-10,16H,1-2,4-5,11-14,18H2. The molecule has 1 fully saturated rings. The van der Waals surface area contributed by atoms with Crippen molar-refractivity contribution in [3.05, 3.63) is 29.8 Å². The third-order valence-corrected chi connectivity index (χ3v) is 4.68. The zero-order chi connectivity index (χ0) is 14.0. The summed E-state index contributed by atoms with van der Waals surface area (Å²) in [4.78, 5) is 0. The largest absolute Gasteiger partial charge is 0.493 e. The summed E-state index contributed by atoms with van der Waals surface area (Å²) >= 11 is 2.02. The molecule has 0 aromatic heterocycles. The molecule has 0 saturated heterocycles. The van der Waals surface area contributed by atoms with Crippen LogP contribution in [-0.2, 0) is 0 Å². The maximum atomic E-state index is 5.74. The van der Waals surface area contributed by atoms with Crippen LogP contribution in [0.15, 0.2) is 24.3 Å². The Morgan fingerprint density at radius 1 is 1.20 bits per heavy atom. The van der Waals surface area contributed by atoms with Gasteiger partial charge in [0.15, 0.2) is 0 Å². The van der Waals surface area contributed by atoms with Crippen LogP contribution in [0.3, 0.4) is 0 Å². The van der Waals surface area contributed by atoms with Gasteiger partial charge in [-0.3, -0.25) is 0 Å². The highest BCUT2D eigenvalue weighted by Gasteiger charge is 2.14. The fourth-order valence-corrected chi connectivity index (χ4v) is 3.47. The van der Waals surface area contributed by atoms with Gasteiger partial charge in [0.25, 0.3) is 0 Å². The molecule has 0 bridgehead atoms. The van der Waals surface area contributed by atoms with E-state index in [9.17, 15) is 0 Å². The first-order chi connectivity index (χ1) is 9.88. The van der Waals surface area contributed by atoms with Crippen LogP contribution < -0.4 is 10.5 Å². The summed E-state index contributed by atoms with van der Waals surface area (Å²) in [6, 6.07) is 7.90. The SMILES string of the molecule is NCC#Cc1ccc(OCCSCC2CCCC2)cc1. The molecular weight excluding hydrogens is 266 g/mol. The number of hydrogen-bond donors (Lipinski definition) is 1. The minimum atomic E-state index is 0.399. The third-order valence-electron chi connectivity index (χ3n) is 3.51. The predicted octanol–water partition coefficient (Wildman–Crippen LogP) is 3.30. The molecule has 1 saturated carbocycles. The van der Waals surface area contributed by atoms with Crippen LogP contribution in [0.25, 0.3) is 0 Å². The number of nitrogens with two attached hydrogens (primary N) is 1. The van der Waals surface area contributed by atoms with Crippen LogP contribution in [0, 0.1) is 17.8 Å². The van der Waals surface area contributed by atoms with Crippen LogP contribution >= 0.6 is 11.8 Å². The molecule has 1 aliphatic rings. The van der Waals surface area contributed by atoms with Crippen molar-refractivity contribution in [3.63, 3.8) is 0 Å². The molecule has 2 rings (SSSR count). The third kappa shape index (κ3) is 5.48. The highest BCUT2D eigenvalue weighted by atomic mass is 32.2. The number of thioether (sulfide) groups is 1. The van der Waals surface area contributed by atoms with Gasteiger partial charge in [0.1, 0.15) is 5.75 Å². The zero-order valence-corrected chi connectivity index (χ0v) is 12.8. The molecule has 1 aromatic carbocycles. The van der Waals surface area contributed by atoms with Crippen molar-refractivity contribution in [2.24, 2.45) is 11.7 Å². The lowest BCUT2D eigenvalue weighted by Crippen LogP contribution is -2.03. The normalized spacial score (nSPS) is 14.8. The van der Waals surface area contributed by atoms with E-state index >= 15 is 0 Å². The van der Waals surface area contributed by atoms with Gasteiger partial charge in [-0.1, -0.05) is 24.7 Å². The van der Waals surface area contributed by atoms with Crippen molar-refractivity contribution in [1.82, 2.24) is 0 Å². The quantitative estimate of drug-likeness (QED) is 0.644. The van der Waals surface area contributed by atoms with Crippen molar-refractivity contribution in [3.8, 4) is 17.6 Å². The van der Waals surface area contributed by atoms with Gasteiger partial charge in [-0.25, -0.2) is 0 Å². The summed E-state index contributed by atoms with van der Waals surface area (Å²) in [5.41, 5.74) is 6.33. The molecule has 108 valence electrons. The van der Waals surface area contributed by atoms with Gasteiger partial charge in [0, 0.05) is 11.3 Å². The van der Waals surface area contributed by atoms with Gasteiger partial charge in [0.2, 0.25) is 0 Å². The lowest BCUT2D eigenvalue weighted by atomic mass is 10.1. The summed E-state index contributed by atoms with van der Waals surface area (Å²) in [6.07, 6.45) is 5.72. The average Bonchev–Trinajstić information content (AvgIpc) is 2.99. The van der Waals surface area contributed by atoms with Crippen molar-refractivity contribution >= 4 is 11.8 Å². The summed E-state index contributed by atoms with van der Waals surface area (Å²) < 4.78 is 5.74. The Kier molecular flexibility index (Phi) is 6.83. The Balaban J connectivity index is 1.61. The summed E-state index contributed by atoms with van der Waals surface area (Å²) in [7, 11) is 0. The minimum Gasteiger partial charge on any atom is -0.493 e. The maximum absolute atomic E-state index is 5.74. The fourth-order valence-electron chi connectivity index (χ4n) is 2.43. The summed E-state index contributed by atoms with van der Waals surface area (Å²) in [5, 5.41) is 0. The van der Waals surface area contributed by atoms with Gasteiger partial charge in [-0.05, 0) is 48.8 Å². The number of hydrogen-bond acceptors (Lipinski definition) is 3. The van der Waals surface area contributed by atoms with Crippen molar-refractivity contribution in [2.45, 2.75) is 25.7 Å². The highest BCUT2D eigenvalue weighted by Crippen LogP contribution is 2.27. The van der Waals surface area contributed by atoms with Crippen LogP contribution in [0.2, 0.25) is 0 Å². The second kappa shape index (κ2) is 8.94. The maximum Gasteiger partial charge on any atom is 0.119 e. The van der Waals surface area contributed by atoms with E-state index in [1.54, 1.807) is 0 Å². The van der Waals surface area contributed by atoms with E-state index in [1.807, 2.05) is 36.0 Å². The van der Waals surface area contributed by atoms with E-state index in [4.69, 9.17) is 10.5 Å². The van der Waals surface area contributed by atoms with Crippen molar-refractivity contribution in [1.29, 1.82) is 0 Å². The molecule has 1 aromatic rings. The molecule has 0 amide bonds. The van der Waals surface area contributed by atoms with Gasteiger partial charge in [-0.15, -0.1) is 0 Å². The topological polar surface area (TPSA) is 35.2 Å². The summed E-state index contributed by atoms with van der Waals surface area (Å²) in [6.45, 7) is 1.18. The highest BCUT2D eigenvalue weighted by molar-refractivity contribution is 7.99. The summed E-state index contributed by atoms with van der Waals surface area (Å²) in [5.74, 6) is 10.1. The predicted molar refractivity (Wildman–Crippen MR) is 87.2 cm³/mol. The molecule has 0 radical (unpaired) electrons. The van der Waals surface area contributed by atoms with Crippen LogP contribution in [0.1, 0.15) is 31.2 Å². The molecule has 0 aliphatic heterocycles. The van der Waals surface area contributed by atoms with E-state index in [2.05, 4.69) is 11.8 Å². The van der Waals surface area contributed by atoms with E-state index in [1.165, 1.54) is 31.4 Å². The molecule has 0 unspecified atom stereocenters. The van der Waals surface area contributed by atoms with E-state index in [-0.39, 0.29) is 0 Å². The molecule has 0 heterocycles. The molecular formula is C17H23NOS. The van der Waals surface area contributed by atoms with Crippen LogP contribution in [0.4, 0.5) is 0 Å². The smallest absolute Gasteiger partial charge is 0.119 e. The molecule has 0 atom stereocenters. The zero-order valence-electron chi connectivity index (χ0n) is 11.9. The molecule has 2 nitrogen and oxygen atoms in total. The molecule has 2 N–H and O–H groups in total. The first-order valence-corrected chi connectivity index (χ1v) is 8.53. The minimum absolute atomic E-state index is 0.399. The van der Waals surface area contributed by atoms with E-state index < -0.39 is 0 Å². The van der Waals surface area contributed by atoms with E-state index in [0.717, 1.165) is 29.6 Å². The Bertz CT molecular complexity index is 440. The second-order valence-corrected chi connectivity index (χ2v) is 6.25. The average molecular weight is 289 g/mol. The fraction of sp³-hybridized carbons (Fsp3) is 0.529. The Hall–Kier alpha value is -1.11. The Morgan fingerprint density at radius 2 is 1.95 bits per heavy atom. The first-order valence-electron chi connectivity index (χ1n) is 7.38. The Labute approximate surface area is 126 Å². The van der Waals surface area contributed by atoms with Crippen molar-refractivity contribution in [2.75, 3.05) is 24.7 Å². The molecule has 20 heavy (non-hydrogen) atoms. The van der Waals surface area contributed by atoms with Crippen molar-refractivity contribution < 1.29 is 4.74 Å². The number of rotatable bonds is 6. The monoisotopic (exact) mass is 289 g/mol. The first kappa shape index (κ1) is 15.3. The second-order valence-electron chi connectivity index (χ2n) is 5.10. The molecule has 3 heteroatoms. The Morgan fingerprint density at radius 3 is 2.65 bits per heavy atom. The lowest BCUT2D eigenvalue weighted by molar-refractivity contribution is 0.344. The van der Waals surface area contributed by atoms with Crippen LogP contribution in [0.5, 0.6) is 5.75 Å². The molecule has 0 spiro atoms. The lowest BCUT2D eigenvalue weighted by Gasteiger charge is -2.09. The number of ether oxygens (including phenoxy) is 1. The van der Waals surface area contributed by atoms with Gasteiger partial charge in [0.05, 0.1) is 13.2 Å². The van der Waals surface area contributed by atoms with Gasteiger partial charge in [-0.2, -0.15) is 11.8 Å². The van der Waals surface area contributed by atoms with E-state index in [0.29, 0.717) is 6.54 Å². The molecule has 1 aliphatic carbocycles. The van der Waals surface area contributed by atoms with Gasteiger partial charge >= 0.3 is 0 Å². The van der Waals surface area contributed by atoms with Gasteiger partial charge < -0.3 is 10.5 Å². The van der Waals surface area contributed by atoms with Crippen LogP contribution in [-0.4, -0.2) is 24.7 Å².